The number of anilines is 1. The van der Waals surface area contributed by atoms with E-state index in [9.17, 15) is 19.5 Å². The quantitative estimate of drug-likeness (QED) is 0.329. The summed E-state index contributed by atoms with van der Waals surface area (Å²) in [5.41, 5.74) is -2.09. The molecule has 1 aromatic carbocycles. The first-order chi connectivity index (χ1) is 20.6. The topological polar surface area (TPSA) is 99.6 Å². The molecule has 3 heterocycles. The molecular weight excluding hydrogens is 558 g/mol. The number of β-amino-alcohol motifs (C(OH)–C–C–N with tert-alkyl or cyclic N) is 1. The molecule has 9 nitrogen and oxygen atoms in total. The fraction of sp³-hybridized carbons (Fsp3) is 0.629. The molecule has 0 radical (unpaired) electrons. The maximum absolute atomic E-state index is 14.8. The molecule has 0 saturated carbocycles. The van der Waals surface area contributed by atoms with Crippen LogP contribution in [0.3, 0.4) is 0 Å². The van der Waals surface area contributed by atoms with Gasteiger partial charge in [0.15, 0.2) is 0 Å². The molecule has 44 heavy (non-hydrogen) atoms. The van der Waals surface area contributed by atoms with Crippen molar-refractivity contribution in [1.82, 2.24) is 9.80 Å². The van der Waals surface area contributed by atoms with Gasteiger partial charge < -0.3 is 29.3 Å². The lowest BCUT2D eigenvalue weighted by atomic mass is 9.65. The van der Waals surface area contributed by atoms with Crippen molar-refractivity contribution in [2.45, 2.75) is 90.5 Å². The molecule has 3 aliphatic rings. The summed E-state index contributed by atoms with van der Waals surface area (Å²) in [5.74, 6) is -1.79. The maximum Gasteiger partial charge on any atom is 0.249 e. The van der Waals surface area contributed by atoms with Crippen LogP contribution < -0.4 is 9.64 Å². The third kappa shape index (κ3) is 5.81. The van der Waals surface area contributed by atoms with Gasteiger partial charge in [0.25, 0.3) is 0 Å². The lowest BCUT2D eigenvalue weighted by Gasteiger charge is -2.45. The van der Waals surface area contributed by atoms with Crippen LogP contribution >= 0.6 is 0 Å². The van der Waals surface area contributed by atoms with E-state index in [-0.39, 0.29) is 42.8 Å². The van der Waals surface area contributed by atoms with Crippen LogP contribution in [0.2, 0.25) is 0 Å². The Bertz CT molecular complexity index is 1270. The number of hydrogen-bond donors (Lipinski definition) is 1. The van der Waals surface area contributed by atoms with Crippen molar-refractivity contribution in [3.05, 3.63) is 49.6 Å². The van der Waals surface area contributed by atoms with Crippen LogP contribution in [-0.4, -0.2) is 88.3 Å². The minimum absolute atomic E-state index is 0.0225. The van der Waals surface area contributed by atoms with Gasteiger partial charge in [-0.05, 0) is 76.6 Å². The summed E-state index contributed by atoms with van der Waals surface area (Å²) in [7, 11) is 0. The fourth-order valence-electron chi connectivity index (χ4n) is 8.24. The number of ether oxygens (including phenoxy) is 2. The summed E-state index contributed by atoms with van der Waals surface area (Å²) < 4.78 is 12.4. The SMILES string of the molecule is C=CCN(C(=O)[C@@H]1[C@H]2C(=O)N(CCO)C(C(=O)N(CC=C)C(C)(C)CC(C)(C)C)C23CC[C@@]1(C)O3)c1ccc(OCC)cc1. The first-order valence-electron chi connectivity index (χ1n) is 15.8. The van der Waals surface area contributed by atoms with Gasteiger partial charge in [-0.1, -0.05) is 32.9 Å². The van der Waals surface area contributed by atoms with Crippen molar-refractivity contribution >= 4 is 23.4 Å². The molecule has 3 amide bonds. The molecule has 242 valence electrons. The predicted octanol–water partition coefficient (Wildman–Crippen LogP) is 4.59. The Morgan fingerprint density at radius 3 is 2.27 bits per heavy atom. The van der Waals surface area contributed by atoms with Gasteiger partial charge in [-0.2, -0.15) is 0 Å². The van der Waals surface area contributed by atoms with Crippen LogP contribution in [0.5, 0.6) is 5.75 Å². The summed E-state index contributed by atoms with van der Waals surface area (Å²) in [5, 5.41) is 10.0. The molecule has 3 aliphatic heterocycles. The van der Waals surface area contributed by atoms with E-state index in [0.717, 1.165) is 6.42 Å². The van der Waals surface area contributed by atoms with Gasteiger partial charge in [0.05, 0.1) is 30.7 Å². The van der Waals surface area contributed by atoms with E-state index in [1.807, 2.05) is 52.0 Å². The molecule has 3 saturated heterocycles. The number of hydrogen-bond acceptors (Lipinski definition) is 6. The van der Waals surface area contributed by atoms with E-state index >= 15 is 0 Å². The van der Waals surface area contributed by atoms with Crippen molar-refractivity contribution in [2.75, 3.05) is 37.7 Å². The molecular formula is C35H51N3O6. The largest absolute Gasteiger partial charge is 0.494 e. The van der Waals surface area contributed by atoms with E-state index < -0.39 is 34.6 Å². The highest BCUT2D eigenvalue weighted by Gasteiger charge is 2.78. The molecule has 2 bridgehead atoms. The summed E-state index contributed by atoms with van der Waals surface area (Å²) in [4.78, 5) is 48.6. The molecule has 2 unspecified atom stereocenters. The number of aliphatic hydroxyl groups is 1. The normalized spacial score (nSPS) is 27.7. The fourth-order valence-corrected chi connectivity index (χ4v) is 8.24. The van der Waals surface area contributed by atoms with Crippen LogP contribution in [0.4, 0.5) is 5.69 Å². The molecule has 9 heteroatoms. The highest BCUT2D eigenvalue weighted by Crippen LogP contribution is 2.63. The number of aliphatic hydroxyl groups excluding tert-OH is 1. The van der Waals surface area contributed by atoms with Gasteiger partial charge in [0.2, 0.25) is 17.7 Å². The van der Waals surface area contributed by atoms with Crippen LogP contribution in [0.25, 0.3) is 0 Å². The smallest absolute Gasteiger partial charge is 0.249 e. The van der Waals surface area contributed by atoms with Crippen molar-refractivity contribution in [3.8, 4) is 5.75 Å². The molecule has 1 aromatic rings. The summed E-state index contributed by atoms with van der Waals surface area (Å²) >= 11 is 0. The van der Waals surface area contributed by atoms with Gasteiger partial charge in [0, 0.05) is 30.9 Å². The van der Waals surface area contributed by atoms with Gasteiger partial charge in [0.1, 0.15) is 17.4 Å². The Morgan fingerprint density at radius 1 is 1.09 bits per heavy atom. The van der Waals surface area contributed by atoms with Crippen molar-refractivity contribution in [3.63, 3.8) is 0 Å². The number of nitrogens with zero attached hydrogens (tertiary/aromatic N) is 3. The predicted molar refractivity (Wildman–Crippen MR) is 171 cm³/mol. The van der Waals surface area contributed by atoms with Gasteiger partial charge in [-0.25, -0.2) is 0 Å². The third-order valence-electron chi connectivity index (χ3n) is 9.43. The third-order valence-corrected chi connectivity index (χ3v) is 9.43. The zero-order chi connectivity index (χ0) is 32.7. The standard InChI is InChI=1S/C35H51N3O6/c1-10-19-36(24-13-15-25(16-14-24)43-12-3)29(40)26-27-30(41)37(21-22-39)28(35(27)18-17-34(26,9)44-35)31(42)38(20-11-2)33(7,8)23-32(4,5)6/h10-11,13-16,26-28,39H,1-2,12,17-23H2,3-9H3/t26-,27-,28?,34+,35?/m0/s1. The molecule has 0 aliphatic carbocycles. The van der Waals surface area contributed by atoms with Gasteiger partial charge in [-0.15, -0.1) is 13.2 Å². The molecule has 0 aromatic heterocycles. The first kappa shape index (κ1) is 33.7. The summed E-state index contributed by atoms with van der Waals surface area (Å²) in [6, 6.07) is 6.31. The zero-order valence-corrected chi connectivity index (χ0v) is 27.6. The minimum Gasteiger partial charge on any atom is -0.494 e. The van der Waals surface area contributed by atoms with Crippen molar-refractivity contribution < 1.29 is 29.0 Å². The zero-order valence-electron chi connectivity index (χ0n) is 27.6. The Morgan fingerprint density at radius 2 is 1.73 bits per heavy atom. The summed E-state index contributed by atoms with van der Waals surface area (Å²) in [6.45, 7) is 22.8. The number of fused-ring (bicyclic) bond motifs is 1. The minimum atomic E-state index is -1.19. The number of carbonyl (C=O) groups is 3. The average molecular weight is 610 g/mol. The Labute approximate surface area is 262 Å². The number of likely N-dealkylation sites (tertiary alicyclic amines) is 1. The lowest BCUT2D eigenvalue weighted by Crippen LogP contribution is -2.61. The Hall–Kier alpha value is -3.17. The van der Waals surface area contributed by atoms with E-state index in [1.165, 1.54) is 4.90 Å². The average Bonchev–Trinajstić information content (AvgIpc) is 3.50. The highest BCUT2D eigenvalue weighted by molar-refractivity contribution is 6.03. The van der Waals surface area contributed by atoms with Crippen LogP contribution in [0, 0.1) is 17.3 Å². The monoisotopic (exact) mass is 609 g/mol. The lowest BCUT2D eigenvalue weighted by molar-refractivity contribution is -0.156. The van der Waals surface area contributed by atoms with Crippen LogP contribution in [0.15, 0.2) is 49.6 Å². The van der Waals surface area contributed by atoms with Crippen LogP contribution in [0.1, 0.15) is 67.7 Å². The molecule has 5 atom stereocenters. The van der Waals surface area contributed by atoms with E-state index in [4.69, 9.17) is 9.47 Å². The first-order valence-corrected chi connectivity index (χ1v) is 15.8. The molecule has 3 fully saturated rings. The second-order valence-electron chi connectivity index (χ2n) is 14.4. The van der Waals surface area contributed by atoms with Gasteiger partial charge >= 0.3 is 0 Å². The van der Waals surface area contributed by atoms with Crippen molar-refractivity contribution in [1.29, 1.82) is 0 Å². The second kappa shape index (κ2) is 12.3. The summed E-state index contributed by atoms with van der Waals surface area (Å²) in [6.07, 6.45) is 5.08. The van der Waals surface area contributed by atoms with Crippen LogP contribution in [-0.2, 0) is 19.1 Å². The number of benzene rings is 1. The maximum atomic E-state index is 14.8. The molecule has 1 spiro atoms. The Kier molecular flexibility index (Phi) is 9.44. The van der Waals surface area contributed by atoms with Gasteiger partial charge in [-0.3, -0.25) is 14.4 Å². The van der Waals surface area contributed by atoms with E-state index in [1.54, 1.807) is 22.0 Å². The van der Waals surface area contributed by atoms with E-state index in [0.29, 0.717) is 37.4 Å². The second-order valence-corrected chi connectivity index (χ2v) is 14.4. The number of amides is 3. The Balaban J connectivity index is 1.77. The highest BCUT2D eigenvalue weighted by atomic mass is 16.5. The molecule has 4 rings (SSSR count). The van der Waals surface area contributed by atoms with E-state index in [2.05, 4.69) is 33.9 Å². The number of rotatable bonds is 13. The van der Waals surface area contributed by atoms with Crippen molar-refractivity contribution in [2.24, 2.45) is 17.3 Å². The number of carbonyl (C=O) groups excluding carboxylic acids is 3. The molecule has 1 N–H and O–H groups in total.